The first kappa shape index (κ1) is 17.9. The Bertz CT molecular complexity index is 729. The fourth-order valence-corrected chi connectivity index (χ4v) is 3.91. The zero-order valence-electron chi connectivity index (χ0n) is 14.8. The number of thiophene rings is 1. The molecule has 3 rings (SSSR count). The molecule has 1 aliphatic heterocycles. The lowest BCUT2D eigenvalue weighted by Gasteiger charge is -2.38. The van der Waals surface area contributed by atoms with Gasteiger partial charge in [-0.1, -0.05) is 12.1 Å². The number of aliphatic imine (C=N–C) groups is 1. The van der Waals surface area contributed by atoms with E-state index in [9.17, 15) is 4.39 Å². The van der Waals surface area contributed by atoms with Gasteiger partial charge in [-0.15, -0.1) is 11.3 Å². The summed E-state index contributed by atoms with van der Waals surface area (Å²) in [7, 11) is 1.80. The Labute approximate surface area is 152 Å². The number of hydrogen-bond acceptors (Lipinski definition) is 3. The Hall–Kier alpha value is -1.92. The topological polar surface area (TPSA) is 36.9 Å². The third-order valence-corrected chi connectivity index (χ3v) is 5.41. The number of benzene rings is 1. The van der Waals surface area contributed by atoms with E-state index in [2.05, 4.69) is 40.5 Å². The molecule has 0 aliphatic carbocycles. The van der Waals surface area contributed by atoms with Crippen molar-refractivity contribution in [1.82, 2.24) is 10.2 Å². The molecule has 0 spiro atoms. The SMILES string of the molecule is CN=C(NCc1sccc1C)N1CC(C)OC(c2ccc(F)cc2)C1. The molecule has 134 valence electrons. The molecule has 2 atom stereocenters. The quantitative estimate of drug-likeness (QED) is 0.668. The number of ether oxygens (including phenoxy) is 1. The monoisotopic (exact) mass is 361 g/mol. The van der Waals surface area contributed by atoms with Crippen LogP contribution in [0.5, 0.6) is 0 Å². The lowest BCUT2D eigenvalue weighted by atomic mass is 10.1. The van der Waals surface area contributed by atoms with Crippen LogP contribution in [0, 0.1) is 12.7 Å². The van der Waals surface area contributed by atoms with Gasteiger partial charge in [-0.2, -0.15) is 0 Å². The van der Waals surface area contributed by atoms with Crippen LogP contribution in [0.1, 0.15) is 29.0 Å². The molecule has 4 nitrogen and oxygen atoms in total. The van der Waals surface area contributed by atoms with Crippen LogP contribution in [0.3, 0.4) is 0 Å². The van der Waals surface area contributed by atoms with E-state index < -0.39 is 0 Å². The first-order valence-electron chi connectivity index (χ1n) is 8.46. The number of aryl methyl sites for hydroxylation is 1. The minimum atomic E-state index is -0.228. The van der Waals surface area contributed by atoms with Gasteiger partial charge in [0.15, 0.2) is 5.96 Å². The number of nitrogens with zero attached hydrogens (tertiary/aromatic N) is 2. The standard InChI is InChI=1S/C19H24FN3OS/c1-13-8-9-25-18(13)10-22-19(21-3)23-11-14(2)24-17(12-23)15-4-6-16(20)7-5-15/h4-9,14,17H,10-12H2,1-3H3,(H,21,22). The van der Waals surface area contributed by atoms with Crippen LogP contribution in [-0.2, 0) is 11.3 Å². The molecule has 1 fully saturated rings. The minimum absolute atomic E-state index is 0.0748. The first-order valence-corrected chi connectivity index (χ1v) is 9.34. The van der Waals surface area contributed by atoms with Crippen molar-refractivity contribution >= 4 is 17.3 Å². The van der Waals surface area contributed by atoms with Crippen molar-refractivity contribution in [3.8, 4) is 0 Å². The zero-order chi connectivity index (χ0) is 17.8. The lowest BCUT2D eigenvalue weighted by Crippen LogP contribution is -2.50. The highest BCUT2D eigenvalue weighted by Crippen LogP contribution is 2.25. The van der Waals surface area contributed by atoms with Gasteiger partial charge in [-0.05, 0) is 48.6 Å². The summed E-state index contributed by atoms with van der Waals surface area (Å²) in [6.45, 7) is 6.42. The van der Waals surface area contributed by atoms with Gasteiger partial charge in [0.1, 0.15) is 11.9 Å². The molecule has 1 aromatic carbocycles. The second-order valence-electron chi connectivity index (χ2n) is 6.32. The Morgan fingerprint density at radius 1 is 1.32 bits per heavy atom. The number of morpholine rings is 1. The summed E-state index contributed by atoms with van der Waals surface area (Å²) in [5.41, 5.74) is 2.29. The number of rotatable bonds is 3. The third kappa shape index (κ3) is 4.38. The minimum Gasteiger partial charge on any atom is -0.367 e. The van der Waals surface area contributed by atoms with Crippen molar-refractivity contribution in [2.75, 3.05) is 20.1 Å². The number of guanidine groups is 1. The molecule has 1 saturated heterocycles. The summed E-state index contributed by atoms with van der Waals surface area (Å²) >= 11 is 1.75. The Kier molecular flexibility index (Phi) is 5.71. The van der Waals surface area contributed by atoms with Gasteiger partial charge in [0.25, 0.3) is 0 Å². The normalized spacial score (nSPS) is 21.4. The van der Waals surface area contributed by atoms with Crippen molar-refractivity contribution in [3.63, 3.8) is 0 Å². The summed E-state index contributed by atoms with van der Waals surface area (Å²) in [6.07, 6.45) is -0.0165. The second kappa shape index (κ2) is 7.97. The fourth-order valence-electron chi connectivity index (χ4n) is 3.06. The highest BCUT2D eigenvalue weighted by molar-refractivity contribution is 7.10. The Morgan fingerprint density at radius 3 is 2.72 bits per heavy atom. The maximum absolute atomic E-state index is 13.2. The molecule has 0 saturated carbocycles. The zero-order valence-corrected chi connectivity index (χ0v) is 15.6. The summed E-state index contributed by atoms with van der Waals surface area (Å²) in [5.74, 6) is 0.642. The molecule has 2 aromatic rings. The predicted molar refractivity (Wildman–Crippen MR) is 101 cm³/mol. The second-order valence-corrected chi connectivity index (χ2v) is 7.32. The van der Waals surface area contributed by atoms with E-state index in [0.29, 0.717) is 6.54 Å². The van der Waals surface area contributed by atoms with Gasteiger partial charge < -0.3 is 15.0 Å². The van der Waals surface area contributed by atoms with Crippen molar-refractivity contribution in [3.05, 3.63) is 57.5 Å². The molecule has 6 heteroatoms. The molecule has 1 aromatic heterocycles. The highest BCUT2D eigenvalue weighted by Gasteiger charge is 2.28. The van der Waals surface area contributed by atoms with Gasteiger partial charge >= 0.3 is 0 Å². The van der Waals surface area contributed by atoms with Gasteiger partial charge in [0.2, 0.25) is 0 Å². The van der Waals surface area contributed by atoms with Gasteiger partial charge in [-0.25, -0.2) is 4.39 Å². The molecule has 2 heterocycles. The Balaban J connectivity index is 1.68. The van der Waals surface area contributed by atoms with Crippen molar-refractivity contribution < 1.29 is 9.13 Å². The van der Waals surface area contributed by atoms with Gasteiger partial charge in [-0.3, -0.25) is 4.99 Å². The number of nitrogens with one attached hydrogen (secondary N) is 1. The third-order valence-electron chi connectivity index (χ3n) is 4.39. The van der Waals surface area contributed by atoms with E-state index in [1.165, 1.54) is 22.6 Å². The van der Waals surface area contributed by atoms with Crippen LogP contribution in [0.15, 0.2) is 40.7 Å². The maximum Gasteiger partial charge on any atom is 0.194 e. The van der Waals surface area contributed by atoms with Crippen LogP contribution in [0.25, 0.3) is 0 Å². The summed E-state index contributed by atoms with van der Waals surface area (Å²) in [4.78, 5) is 7.97. The van der Waals surface area contributed by atoms with Crippen molar-refractivity contribution in [1.29, 1.82) is 0 Å². The summed E-state index contributed by atoms with van der Waals surface area (Å²) < 4.78 is 19.2. The molecule has 0 radical (unpaired) electrons. The van der Waals surface area contributed by atoms with Crippen molar-refractivity contribution in [2.24, 2.45) is 4.99 Å². The van der Waals surface area contributed by atoms with Crippen LogP contribution in [0.2, 0.25) is 0 Å². The predicted octanol–water partition coefficient (Wildman–Crippen LogP) is 3.73. The molecule has 1 aliphatic rings. The van der Waals surface area contributed by atoms with Crippen LogP contribution < -0.4 is 5.32 Å². The van der Waals surface area contributed by atoms with Gasteiger partial charge in [0, 0.05) is 18.5 Å². The smallest absolute Gasteiger partial charge is 0.194 e. The van der Waals surface area contributed by atoms with Crippen LogP contribution in [0.4, 0.5) is 4.39 Å². The van der Waals surface area contributed by atoms with Crippen LogP contribution >= 0.6 is 11.3 Å². The molecule has 2 unspecified atom stereocenters. The lowest BCUT2D eigenvalue weighted by molar-refractivity contribution is -0.0605. The summed E-state index contributed by atoms with van der Waals surface area (Å²) in [6, 6.07) is 8.68. The maximum atomic E-state index is 13.2. The number of halogens is 1. The molecular weight excluding hydrogens is 337 g/mol. The molecule has 0 amide bonds. The van der Waals surface area contributed by atoms with Crippen molar-refractivity contribution in [2.45, 2.75) is 32.6 Å². The largest absolute Gasteiger partial charge is 0.367 e. The Morgan fingerprint density at radius 2 is 2.08 bits per heavy atom. The molecule has 0 bridgehead atoms. The highest BCUT2D eigenvalue weighted by atomic mass is 32.1. The molecule has 1 N–H and O–H groups in total. The number of hydrogen-bond donors (Lipinski definition) is 1. The van der Waals surface area contributed by atoms with E-state index in [0.717, 1.165) is 24.6 Å². The van der Waals surface area contributed by atoms with E-state index in [1.807, 2.05) is 0 Å². The molecule has 25 heavy (non-hydrogen) atoms. The van der Waals surface area contributed by atoms with Crippen LogP contribution in [-0.4, -0.2) is 37.1 Å². The fraction of sp³-hybridized carbons (Fsp3) is 0.421. The average Bonchev–Trinajstić information content (AvgIpc) is 3.01. The first-order chi connectivity index (χ1) is 12.1. The van der Waals surface area contributed by atoms with E-state index >= 15 is 0 Å². The summed E-state index contributed by atoms with van der Waals surface area (Å²) in [5, 5.41) is 5.56. The van der Waals surface area contributed by atoms with Gasteiger partial charge in [0.05, 0.1) is 19.2 Å². The van der Waals surface area contributed by atoms with E-state index in [4.69, 9.17) is 4.74 Å². The van der Waals surface area contributed by atoms with E-state index in [1.54, 1.807) is 30.5 Å². The molecular formula is C19H24FN3OS. The van der Waals surface area contributed by atoms with E-state index in [-0.39, 0.29) is 18.0 Å². The average molecular weight is 361 g/mol.